The molecule has 0 amide bonds. The summed E-state index contributed by atoms with van der Waals surface area (Å²) < 4.78 is 18.3. The number of aliphatic hydroxyl groups excluding tert-OH is 2. The largest absolute Gasteiger partial charge is 0.390 e. The molecule has 5 heteroatoms. The third-order valence-corrected chi connectivity index (χ3v) is 5.88. The van der Waals surface area contributed by atoms with E-state index in [0.29, 0.717) is 0 Å². The van der Waals surface area contributed by atoms with Crippen molar-refractivity contribution in [3.05, 3.63) is 0 Å². The van der Waals surface area contributed by atoms with Crippen LogP contribution < -0.4 is 0 Å². The van der Waals surface area contributed by atoms with Crippen LogP contribution in [0.2, 0.25) is 0 Å². The lowest BCUT2D eigenvalue weighted by atomic mass is 9.83. The van der Waals surface area contributed by atoms with Crippen LogP contribution in [0.3, 0.4) is 0 Å². The number of aliphatic hydroxyl groups is 2. The minimum absolute atomic E-state index is 0.0123. The van der Waals surface area contributed by atoms with Crippen molar-refractivity contribution >= 4 is 0 Å². The molecule has 0 bridgehead atoms. The molecule has 136 valence electrons. The maximum Gasteiger partial charge on any atom is 0.161 e. The van der Waals surface area contributed by atoms with Gasteiger partial charge in [-0.1, -0.05) is 34.6 Å². The monoisotopic (exact) mass is 330 g/mol. The predicted octanol–water partition coefficient (Wildman–Crippen LogP) is 2.33. The zero-order valence-electron chi connectivity index (χ0n) is 15.3. The van der Waals surface area contributed by atoms with E-state index in [1.54, 1.807) is 0 Å². The van der Waals surface area contributed by atoms with Crippen molar-refractivity contribution in [3.63, 3.8) is 0 Å². The molecule has 2 aliphatic heterocycles. The first-order valence-electron chi connectivity index (χ1n) is 9.14. The van der Waals surface area contributed by atoms with Crippen LogP contribution in [-0.2, 0) is 14.2 Å². The molecule has 0 aromatic carbocycles. The smallest absolute Gasteiger partial charge is 0.161 e. The fourth-order valence-electron chi connectivity index (χ4n) is 3.86. The van der Waals surface area contributed by atoms with Gasteiger partial charge in [-0.25, -0.2) is 0 Å². The normalized spacial score (nSPS) is 51.7. The number of hydrogen-bond acceptors (Lipinski definition) is 5. The summed E-state index contributed by atoms with van der Waals surface area (Å²) in [5, 5.41) is 20.6. The summed E-state index contributed by atoms with van der Waals surface area (Å²) in [7, 11) is 0. The second-order valence-corrected chi connectivity index (χ2v) is 7.40. The maximum atomic E-state index is 10.3. The van der Waals surface area contributed by atoms with E-state index in [9.17, 15) is 10.2 Å². The SMILES string of the molecule is CCC1O[C@@H](O[C@H]2C(CC)O[C@@H](C)C(O)[C@H]2C)C(C)[C@@H](C)[C@H]1O. The highest BCUT2D eigenvalue weighted by atomic mass is 16.7. The fourth-order valence-corrected chi connectivity index (χ4v) is 3.86. The Morgan fingerprint density at radius 2 is 1.39 bits per heavy atom. The quantitative estimate of drug-likeness (QED) is 0.828. The Morgan fingerprint density at radius 3 is 1.96 bits per heavy atom. The maximum absolute atomic E-state index is 10.3. The molecule has 2 saturated heterocycles. The van der Waals surface area contributed by atoms with E-state index in [-0.39, 0.29) is 48.5 Å². The van der Waals surface area contributed by atoms with Crippen molar-refractivity contribution < 1.29 is 24.4 Å². The van der Waals surface area contributed by atoms with E-state index in [1.807, 2.05) is 27.7 Å². The fraction of sp³-hybridized carbons (Fsp3) is 1.00. The van der Waals surface area contributed by atoms with Crippen molar-refractivity contribution in [1.29, 1.82) is 0 Å². The molecule has 23 heavy (non-hydrogen) atoms. The molecule has 2 aliphatic rings. The minimum Gasteiger partial charge on any atom is -0.390 e. The van der Waals surface area contributed by atoms with Gasteiger partial charge < -0.3 is 24.4 Å². The van der Waals surface area contributed by atoms with Gasteiger partial charge in [0.15, 0.2) is 6.29 Å². The molecule has 0 radical (unpaired) electrons. The van der Waals surface area contributed by atoms with E-state index in [0.717, 1.165) is 12.8 Å². The Kier molecular flexibility index (Phi) is 6.48. The highest BCUT2D eigenvalue weighted by Crippen LogP contribution is 2.37. The Balaban J connectivity index is 2.11. The van der Waals surface area contributed by atoms with Gasteiger partial charge in [0.05, 0.1) is 36.6 Å². The van der Waals surface area contributed by atoms with Crippen molar-refractivity contribution in [2.75, 3.05) is 0 Å². The first kappa shape index (κ1) is 19.1. The van der Waals surface area contributed by atoms with Crippen molar-refractivity contribution in [3.8, 4) is 0 Å². The zero-order valence-corrected chi connectivity index (χ0v) is 15.3. The molecule has 0 aromatic rings. The van der Waals surface area contributed by atoms with Crippen LogP contribution in [0.25, 0.3) is 0 Å². The highest BCUT2D eigenvalue weighted by Gasteiger charge is 2.46. The van der Waals surface area contributed by atoms with Crippen LogP contribution in [0.5, 0.6) is 0 Å². The summed E-state index contributed by atoms with van der Waals surface area (Å²) in [6.45, 7) is 12.1. The van der Waals surface area contributed by atoms with E-state index in [2.05, 4.69) is 13.8 Å². The van der Waals surface area contributed by atoms with Crippen molar-refractivity contribution in [2.24, 2.45) is 17.8 Å². The van der Waals surface area contributed by atoms with Gasteiger partial charge in [0.2, 0.25) is 0 Å². The molecule has 0 aliphatic carbocycles. The second kappa shape index (κ2) is 7.79. The average Bonchev–Trinajstić information content (AvgIpc) is 2.55. The molecular formula is C18H34O5. The summed E-state index contributed by atoms with van der Waals surface area (Å²) in [5.41, 5.74) is 0. The minimum atomic E-state index is -0.535. The Hall–Kier alpha value is -0.200. The van der Waals surface area contributed by atoms with Crippen molar-refractivity contribution in [2.45, 2.75) is 97.3 Å². The predicted molar refractivity (Wildman–Crippen MR) is 88.0 cm³/mol. The van der Waals surface area contributed by atoms with E-state index >= 15 is 0 Å². The molecule has 4 unspecified atom stereocenters. The molecule has 10 atom stereocenters. The van der Waals surface area contributed by atoms with Gasteiger partial charge in [0.1, 0.15) is 0 Å². The topological polar surface area (TPSA) is 68.2 Å². The standard InChI is InChI=1S/C18H34O5/c1-7-13-16(20)9(3)10(4)18(22-13)23-17-11(5)15(19)12(6)21-14(17)8-2/h9-20H,7-8H2,1-6H3/t9-,10?,11-,12+,13?,14?,15?,16-,17-,18+/m1/s1. The number of rotatable bonds is 4. The Bertz CT molecular complexity index is 372. The van der Waals surface area contributed by atoms with Crippen LogP contribution in [0, 0.1) is 17.8 Å². The van der Waals surface area contributed by atoms with Gasteiger partial charge in [-0.2, -0.15) is 0 Å². The molecule has 0 saturated carbocycles. The average molecular weight is 330 g/mol. The lowest BCUT2D eigenvalue weighted by Crippen LogP contribution is -2.57. The summed E-state index contributed by atoms with van der Waals surface area (Å²) in [5.74, 6) is 0.193. The lowest BCUT2D eigenvalue weighted by Gasteiger charge is -2.47. The summed E-state index contributed by atoms with van der Waals surface area (Å²) >= 11 is 0. The number of hydrogen-bond donors (Lipinski definition) is 2. The first-order valence-corrected chi connectivity index (χ1v) is 9.14. The molecule has 2 N–H and O–H groups in total. The summed E-state index contributed by atoms with van der Waals surface area (Å²) in [4.78, 5) is 0. The molecule has 2 rings (SSSR count). The van der Waals surface area contributed by atoms with Crippen molar-refractivity contribution in [1.82, 2.24) is 0 Å². The highest BCUT2D eigenvalue weighted by molar-refractivity contribution is 4.91. The third-order valence-electron chi connectivity index (χ3n) is 5.88. The molecule has 0 aromatic heterocycles. The van der Waals surface area contributed by atoms with Crippen LogP contribution >= 0.6 is 0 Å². The van der Waals surface area contributed by atoms with Gasteiger partial charge in [0.25, 0.3) is 0 Å². The molecule has 0 spiro atoms. The van der Waals surface area contributed by atoms with Gasteiger partial charge in [-0.15, -0.1) is 0 Å². The molecule has 2 heterocycles. The van der Waals surface area contributed by atoms with Gasteiger partial charge in [-0.05, 0) is 25.7 Å². The van der Waals surface area contributed by atoms with Crippen LogP contribution in [-0.4, -0.2) is 53.1 Å². The summed E-state index contributed by atoms with van der Waals surface area (Å²) in [6.07, 6.45) is -0.384. The third kappa shape index (κ3) is 3.74. The molecule has 2 fully saturated rings. The summed E-state index contributed by atoms with van der Waals surface area (Å²) in [6, 6.07) is 0. The zero-order chi connectivity index (χ0) is 17.3. The van der Waals surface area contributed by atoms with Crippen LogP contribution in [0.15, 0.2) is 0 Å². The van der Waals surface area contributed by atoms with Gasteiger partial charge in [0, 0.05) is 11.8 Å². The van der Waals surface area contributed by atoms with E-state index in [4.69, 9.17) is 14.2 Å². The van der Waals surface area contributed by atoms with Gasteiger partial charge >= 0.3 is 0 Å². The molecular weight excluding hydrogens is 296 g/mol. The van der Waals surface area contributed by atoms with Crippen LogP contribution in [0.1, 0.15) is 54.4 Å². The van der Waals surface area contributed by atoms with Crippen LogP contribution in [0.4, 0.5) is 0 Å². The lowest BCUT2D eigenvalue weighted by molar-refractivity contribution is -0.311. The van der Waals surface area contributed by atoms with E-state index < -0.39 is 12.2 Å². The Labute approximate surface area is 140 Å². The Morgan fingerprint density at radius 1 is 0.783 bits per heavy atom. The first-order chi connectivity index (χ1) is 10.8. The molecule has 5 nitrogen and oxygen atoms in total. The van der Waals surface area contributed by atoms with Gasteiger partial charge in [-0.3, -0.25) is 0 Å². The second-order valence-electron chi connectivity index (χ2n) is 7.40. The number of ether oxygens (including phenoxy) is 3. The van der Waals surface area contributed by atoms with E-state index in [1.165, 1.54) is 0 Å².